The first-order valence-corrected chi connectivity index (χ1v) is 9.89. The van der Waals surface area contributed by atoms with E-state index in [-0.39, 0.29) is 6.04 Å². The van der Waals surface area contributed by atoms with Gasteiger partial charge in [0.05, 0.1) is 41.8 Å². The van der Waals surface area contributed by atoms with Crippen molar-refractivity contribution in [3.05, 3.63) is 71.2 Å². The average Bonchev–Trinajstić information content (AvgIpc) is 3.33. The van der Waals surface area contributed by atoms with Crippen molar-refractivity contribution in [3.63, 3.8) is 0 Å². The van der Waals surface area contributed by atoms with Gasteiger partial charge in [0, 0.05) is 18.1 Å². The molecule has 4 aromatic rings. The number of nitriles is 1. The molecule has 1 atom stereocenters. The Balaban J connectivity index is 1.53. The molecule has 0 spiro atoms. The molecule has 6 nitrogen and oxygen atoms in total. The van der Waals surface area contributed by atoms with E-state index in [2.05, 4.69) is 46.7 Å². The van der Waals surface area contributed by atoms with Gasteiger partial charge in [-0.2, -0.15) is 15.5 Å². The van der Waals surface area contributed by atoms with E-state index in [0.29, 0.717) is 0 Å². The highest BCUT2D eigenvalue weighted by molar-refractivity contribution is 5.85. The van der Waals surface area contributed by atoms with E-state index in [4.69, 9.17) is 0 Å². The van der Waals surface area contributed by atoms with Crippen molar-refractivity contribution in [1.82, 2.24) is 19.6 Å². The number of aryl methyl sites for hydroxylation is 3. The Morgan fingerprint density at radius 1 is 1.17 bits per heavy atom. The molecular formula is C23H22N6. The number of anilines is 1. The molecule has 0 bridgehead atoms. The van der Waals surface area contributed by atoms with E-state index in [1.54, 1.807) is 4.68 Å². The molecule has 2 aromatic carbocycles. The third-order valence-corrected chi connectivity index (χ3v) is 5.77. The van der Waals surface area contributed by atoms with Gasteiger partial charge in [-0.3, -0.25) is 4.68 Å². The van der Waals surface area contributed by atoms with Crippen LogP contribution in [0.25, 0.3) is 16.6 Å². The summed E-state index contributed by atoms with van der Waals surface area (Å²) in [6, 6.07) is 12.9. The molecule has 0 amide bonds. The zero-order chi connectivity index (χ0) is 20.0. The predicted octanol–water partition coefficient (Wildman–Crippen LogP) is 4.43. The minimum Gasteiger partial charge on any atom is -0.378 e. The lowest BCUT2D eigenvalue weighted by Crippen LogP contribution is -2.18. The van der Waals surface area contributed by atoms with E-state index in [0.717, 1.165) is 47.1 Å². The molecule has 0 aliphatic heterocycles. The second kappa shape index (κ2) is 6.78. The maximum absolute atomic E-state index is 9.20. The normalized spacial score (nSPS) is 15.8. The van der Waals surface area contributed by atoms with Gasteiger partial charge in [0.15, 0.2) is 0 Å². The van der Waals surface area contributed by atoms with E-state index in [1.807, 2.05) is 42.5 Å². The fourth-order valence-electron chi connectivity index (χ4n) is 4.29. The van der Waals surface area contributed by atoms with Crippen LogP contribution >= 0.6 is 0 Å². The molecule has 5 rings (SSSR count). The second-order valence-corrected chi connectivity index (χ2v) is 7.77. The van der Waals surface area contributed by atoms with Crippen LogP contribution in [0.15, 0.2) is 48.9 Å². The summed E-state index contributed by atoms with van der Waals surface area (Å²) in [5.41, 5.74) is 7.64. The van der Waals surface area contributed by atoms with Crippen molar-refractivity contribution >= 4 is 16.6 Å². The maximum atomic E-state index is 9.20. The molecule has 1 N–H and O–H groups in total. The molecule has 1 aliphatic carbocycles. The summed E-state index contributed by atoms with van der Waals surface area (Å²) in [4.78, 5) is 0. The maximum Gasteiger partial charge on any atom is 0.103 e. The smallest absolute Gasteiger partial charge is 0.103 e. The van der Waals surface area contributed by atoms with E-state index in [1.165, 1.54) is 16.7 Å². The van der Waals surface area contributed by atoms with Gasteiger partial charge in [0.1, 0.15) is 5.69 Å². The van der Waals surface area contributed by atoms with Gasteiger partial charge in [-0.1, -0.05) is 6.07 Å². The Morgan fingerprint density at radius 3 is 2.86 bits per heavy atom. The molecule has 0 radical (unpaired) electrons. The van der Waals surface area contributed by atoms with Crippen molar-refractivity contribution in [2.75, 3.05) is 5.32 Å². The molecule has 1 aliphatic rings. The van der Waals surface area contributed by atoms with Crippen LogP contribution in [0, 0.1) is 18.3 Å². The number of benzene rings is 2. The fraction of sp³-hybridized carbons (Fsp3) is 0.261. The summed E-state index contributed by atoms with van der Waals surface area (Å²) >= 11 is 0. The van der Waals surface area contributed by atoms with Crippen LogP contribution in [0.1, 0.15) is 41.1 Å². The van der Waals surface area contributed by atoms with Gasteiger partial charge in [-0.15, -0.1) is 0 Å². The van der Waals surface area contributed by atoms with Crippen LogP contribution in [0.2, 0.25) is 0 Å². The molecule has 0 saturated heterocycles. The Labute approximate surface area is 169 Å². The van der Waals surface area contributed by atoms with E-state index < -0.39 is 0 Å². The number of rotatable bonds is 3. The van der Waals surface area contributed by atoms with Crippen molar-refractivity contribution < 1.29 is 0 Å². The highest BCUT2D eigenvalue weighted by Crippen LogP contribution is 2.35. The molecule has 29 heavy (non-hydrogen) atoms. The highest BCUT2D eigenvalue weighted by Gasteiger charge is 2.21. The molecule has 2 aromatic heterocycles. The quantitative estimate of drug-likeness (QED) is 0.569. The molecule has 0 fully saturated rings. The van der Waals surface area contributed by atoms with E-state index >= 15 is 0 Å². The SMILES string of the molecule is Cc1cc2cnn(-c3cnn(C)c3)c2cc1N[C@@H]1CCCc2cc(C#N)ccc21. The monoisotopic (exact) mass is 382 g/mol. The van der Waals surface area contributed by atoms with Crippen molar-refractivity contribution in [3.8, 4) is 11.8 Å². The fourth-order valence-corrected chi connectivity index (χ4v) is 4.29. The predicted molar refractivity (Wildman–Crippen MR) is 113 cm³/mol. The molecule has 0 unspecified atom stereocenters. The van der Waals surface area contributed by atoms with Gasteiger partial charge in [-0.25, -0.2) is 4.68 Å². The number of hydrogen-bond acceptors (Lipinski definition) is 4. The van der Waals surface area contributed by atoms with Gasteiger partial charge in [-0.05, 0) is 67.1 Å². The van der Waals surface area contributed by atoms with Gasteiger partial charge in [0.25, 0.3) is 0 Å². The Hall–Kier alpha value is -3.59. The minimum atomic E-state index is 0.248. The zero-order valence-electron chi connectivity index (χ0n) is 16.6. The summed E-state index contributed by atoms with van der Waals surface area (Å²) in [5.74, 6) is 0. The molecular weight excluding hydrogens is 360 g/mol. The Morgan fingerprint density at radius 2 is 2.07 bits per heavy atom. The third kappa shape index (κ3) is 3.05. The summed E-state index contributed by atoms with van der Waals surface area (Å²) in [5, 5.41) is 22.9. The molecule has 0 saturated carbocycles. The largest absolute Gasteiger partial charge is 0.378 e. The van der Waals surface area contributed by atoms with Crippen molar-refractivity contribution in [1.29, 1.82) is 5.26 Å². The lowest BCUT2D eigenvalue weighted by Gasteiger charge is -2.28. The summed E-state index contributed by atoms with van der Waals surface area (Å²) in [6.07, 6.45) is 8.92. The topological polar surface area (TPSA) is 71.5 Å². The Bertz CT molecular complexity index is 1260. The van der Waals surface area contributed by atoms with Gasteiger partial charge < -0.3 is 5.32 Å². The highest BCUT2D eigenvalue weighted by atomic mass is 15.3. The van der Waals surface area contributed by atoms with Gasteiger partial charge in [0.2, 0.25) is 0 Å². The summed E-state index contributed by atoms with van der Waals surface area (Å²) in [7, 11) is 1.91. The van der Waals surface area contributed by atoms with Crippen LogP contribution in [-0.4, -0.2) is 19.6 Å². The third-order valence-electron chi connectivity index (χ3n) is 5.77. The molecule has 6 heteroatoms. The Kier molecular flexibility index (Phi) is 4.09. The first-order chi connectivity index (χ1) is 14.1. The molecule has 144 valence electrons. The van der Waals surface area contributed by atoms with Crippen LogP contribution in [0.3, 0.4) is 0 Å². The number of nitrogens with one attached hydrogen (secondary N) is 1. The van der Waals surface area contributed by atoms with Gasteiger partial charge >= 0.3 is 0 Å². The zero-order valence-corrected chi connectivity index (χ0v) is 16.6. The van der Waals surface area contributed by atoms with E-state index in [9.17, 15) is 5.26 Å². The first kappa shape index (κ1) is 17.5. The minimum absolute atomic E-state index is 0.248. The standard InChI is InChI=1S/C23H22N6/c1-15-8-18-12-26-29(19-13-25-28(2)14-19)23(18)10-22(15)27-21-5-3-4-17-9-16(11-24)6-7-20(17)21/h6-10,12-14,21,27H,3-5H2,1-2H3/t21-/m1/s1. The van der Waals surface area contributed by atoms with Crippen molar-refractivity contribution in [2.24, 2.45) is 7.05 Å². The average molecular weight is 382 g/mol. The lowest BCUT2D eigenvalue weighted by atomic mass is 9.86. The second-order valence-electron chi connectivity index (χ2n) is 7.77. The number of fused-ring (bicyclic) bond motifs is 2. The number of nitrogens with zero attached hydrogens (tertiary/aromatic N) is 5. The number of hydrogen-bond donors (Lipinski definition) is 1. The van der Waals surface area contributed by atoms with Crippen LogP contribution in [-0.2, 0) is 13.5 Å². The van der Waals surface area contributed by atoms with Crippen molar-refractivity contribution in [2.45, 2.75) is 32.2 Å². The number of aromatic nitrogens is 4. The van der Waals surface area contributed by atoms with Crippen LogP contribution in [0.4, 0.5) is 5.69 Å². The van der Waals surface area contributed by atoms with Crippen LogP contribution in [0.5, 0.6) is 0 Å². The first-order valence-electron chi connectivity index (χ1n) is 9.89. The summed E-state index contributed by atoms with van der Waals surface area (Å²) in [6.45, 7) is 2.13. The lowest BCUT2D eigenvalue weighted by molar-refractivity contribution is 0.600. The summed E-state index contributed by atoms with van der Waals surface area (Å²) < 4.78 is 3.71. The van der Waals surface area contributed by atoms with Crippen LogP contribution < -0.4 is 5.32 Å². The molecule has 2 heterocycles.